The number of likely N-dealkylation sites (N-methyl/N-ethyl adjacent to an activating group) is 1. The lowest BCUT2D eigenvalue weighted by atomic mass is 10.1. The minimum Gasteiger partial charge on any atom is -0.383 e. The van der Waals surface area contributed by atoms with Gasteiger partial charge in [-0.1, -0.05) is 25.1 Å². The minimum atomic E-state index is 0.298. The van der Waals surface area contributed by atoms with Gasteiger partial charge in [0.2, 0.25) is 0 Å². The van der Waals surface area contributed by atoms with Gasteiger partial charge in [-0.3, -0.25) is 0 Å². The Bertz CT molecular complexity index is 308. The summed E-state index contributed by atoms with van der Waals surface area (Å²) in [5.41, 5.74) is 2.66. The van der Waals surface area contributed by atoms with Crippen molar-refractivity contribution in [3.05, 3.63) is 32.9 Å². The average molecular weight is 319 g/mol. The van der Waals surface area contributed by atoms with Crippen LogP contribution in [-0.4, -0.2) is 20.3 Å². The quantitative estimate of drug-likeness (QED) is 0.843. The van der Waals surface area contributed by atoms with Crippen LogP contribution in [0.1, 0.15) is 24.1 Å². The molecule has 0 aliphatic heterocycles. The SMILES string of the molecule is CCNC(COC)c1cccc(C)c1I. The molecule has 84 valence electrons. The van der Waals surface area contributed by atoms with Gasteiger partial charge in [0.1, 0.15) is 0 Å². The van der Waals surface area contributed by atoms with Crippen molar-refractivity contribution in [1.82, 2.24) is 5.32 Å². The van der Waals surface area contributed by atoms with Gasteiger partial charge in [0, 0.05) is 10.7 Å². The van der Waals surface area contributed by atoms with Crippen LogP contribution in [0, 0.1) is 10.5 Å². The zero-order chi connectivity index (χ0) is 11.3. The van der Waals surface area contributed by atoms with Gasteiger partial charge >= 0.3 is 0 Å². The van der Waals surface area contributed by atoms with E-state index in [2.05, 4.69) is 60.0 Å². The first-order valence-corrected chi connectivity index (χ1v) is 6.25. The summed E-state index contributed by atoms with van der Waals surface area (Å²) in [6, 6.07) is 6.71. The highest BCUT2D eigenvalue weighted by molar-refractivity contribution is 14.1. The summed E-state index contributed by atoms with van der Waals surface area (Å²) in [7, 11) is 1.74. The van der Waals surface area contributed by atoms with E-state index in [0.29, 0.717) is 12.6 Å². The Morgan fingerprint density at radius 3 is 2.80 bits per heavy atom. The van der Waals surface area contributed by atoms with Crippen molar-refractivity contribution < 1.29 is 4.74 Å². The lowest BCUT2D eigenvalue weighted by Gasteiger charge is -2.19. The molecule has 15 heavy (non-hydrogen) atoms. The molecule has 3 heteroatoms. The smallest absolute Gasteiger partial charge is 0.0658 e. The monoisotopic (exact) mass is 319 g/mol. The highest BCUT2D eigenvalue weighted by Gasteiger charge is 2.13. The van der Waals surface area contributed by atoms with Gasteiger partial charge in [-0.25, -0.2) is 0 Å². The zero-order valence-corrected chi connectivity index (χ0v) is 11.7. The molecule has 2 nitrogen and oxygen atoms in total. The Labute approximate surface area is 106 Å². The molecule has 0 saturated heterocycles. The highest BCUT2D eigenvalue weighted by atomic mass is 127. The van der Waals surface area contributed by atoms with Gasteiger partial charge in [0.25, 0.3) is 0 Å². The maximum atomic E-state index is 5.24. The summed E-state index contributed by atoms with van der Waals surface area (Å²) >= 11 is 2.40. The summed E-state index contributed by atoms with van der Waals surface area (Å²) in [5, 5.41) is 3.44. The number of aryl methyl sites for hydroxylation is 1. The van der Waals surface area contributed by atoms with E-state index in [9.17, 15) is 0 Å². The molecule has 1 N–H and O–H groups in total. The van der Waals surface area contributed by atoms with Crippen LogP contribution >= 0.6 is 22.6 Å². The molecular weight excluding hydrogens is 301 g/mol. The Kier molecular flexibility index (Phi) is 5.56. The molecule has 0 spiro atoms. The Morgan fingerprint density at radius 2 is 2.20 bits per heavy atom. The third kappa shape index (κ3) is 3.43. The molecule has 1 aromatic rings. The first-order valence-electron chi connectivity index (χ1n) is 5.18. The van der Waals surface area contributed by atoms with Gasteiger partial charge in [-0.2, -0.15) is 0 Å². The number of hydrogen-bond acceptors (Lipinski definition) is 2. The predicted octanol–water partition coefficient (Wildman–Crippen LogP) is 2.90. The third-order valence-electron chi connectivity index (χ3n) is 2.38. The van der Waals surface area contributed by atoms with Crippen LogP contribution in [0.15, 0.2) is 18.2 Å². The maximum Gasteiger partial charge on any atom is 0.0658 e. The van der Waals surface area contributed by atoms with Crippen LogP contribution in [0.4, 0.5) is 0 Å². The zero-order valence-electron chi connectivity index (χ0n) is 9.51. The van der Waals surface area contributed by atoms with Crippen molar-refractivity contribution in [1.29, 1.82) is 0 Å². The lowest BCUT2D eigenvalue weighted by Crippen LogP contribution is -2.25. The summed E-state index contributed by atoms with van der Waals surface area (Å²) in [4.78, 5) is 0. The van der Waals surface area contributed by atoms with Gasteiger partial charge < -0.3 is 10.1 Å². The van der Waals surface area contributed by atoms with E-state index < -0.39 is 0 Å². The Balaban J connectivity index is 2.94. The van der Waals surface area contributed by atoms with Crippen molar-refractivity contribution in [2.45, 2.75) is 19.9 Å². The normalized spacial score (nSPS) is 12.8. The van der Waals surface area contributed by atoms with Gasteiger partial charge in [-0.15, -0.1) is 0 Å². The van der Waals surface area contributed by atoms with E-state index >= 15 is 0 Å². The number of benzene rings is 1. The molecule has 1 atom stereocenters. The van der Waals surface area contributed by atoms with Crippen LogP contribution in [0.3, 0.4) is 0 Å². The second kappa shape index (κ2) is 6.45. The molecule has 0 saturated carbocycles. The van der Waals surface area contributed by atoms with Crippen molar-refractivity contribution in [3.8, 4) is 0 Å². The molecule has 1 aromatic carbocycles. The van der Waals surface area contributed by atoms with Gasteiger partial charge in [-0.05, 0) is 47.2 Å². The molecule has 1 unspecified atom stereocenters. The fourth-order valence-electron chi connectivity index (χ4n) is 1.61. The number of halogens is 1. The number of nitrogens with one attached hydrogen (secondary N) is 1. The third-order valence-corrected chi connectivity index (χ3v) is 3.85. The molecule has 0 heterocycles. The molecule has 0 amide bonds. The molecule has 0 aliphatic carbocycles. The average Bonchev–Trinajstić information content (AvgIpc) is 2.22. The predicted molar refractivity (Wildman–Crippen MR) is 72.2 cm³/mol. The van der Waals surface area contributed by atoms with Crippen LogP contribution in [0.5, 0.6) is 0 Å². The topological polar surface area (TPSA) is 21.3 Å². The van der Waals surface area contributed by atoms with Crippen molar-refractivity contribution in [3.63, 3.8) is 0 Å². The number of methoxy groups -OCH3 is 1. The second-order valence-electron chi connectivity index (χ2n) is 3.54. The second-order valence-corrected chi connectivity index (χ2v) is 4.62. The molecule has 0 aromatic heterocycles. The van der Waals surface area contributed by atoms with E-state index in [-0.39, 0.29) is 0 Å². The molecule has 0 aliphatic rings. The Hall–Kier alpha value is -0.130. The summed E-state index contributed by atoms with van der Waals surface area (Å²) in [6.45, 7) is 5.93. The summed E-state index contributed by atoms with van der Waals surface area (Å²) < 4.78 is 6.57. The fraction of sp³-hybridized carbons (Fsp3) is 0.500. The van der Waals surface area contributed by atoms with Crippen molar-refractivity contribution in [2.75, 3.05) is 20.3 Å². The van der Waals surface area contributed by atoms with Crippen LogP contribution < -0.4 is 5.32 Å². The molecule has 0 bridgehead atoms. The molecule has 0 fully saturated rings. The molecule has 1 rings (SSSR count). The van der Waals surface area contributed by atoms with E-state index in [1.165, 1.54) is 14.7 Å². The highest BCUT2D eigenvalue weighted by Crippen LogP contribution is 2.23. The van der Waals surface area contributed by atoms with E-state index in [1.54, 1.807) is 7.11 Å². The first-order chi connectivity index (χ1) is 7.20. The van der Waals surface area contributed by atoms with E-state index in [0.717, 1.165) is 6.54 Å². The summed E-state index contributed by atoms with van der Waals surface area (Å²) in [6.07, 6.45) is 0. The van der Waals surface area contributed by atoms with Crippen LogP contribution in [-0.2, 0) is 4.74 Å². The lowest BCUT2D eigenvalue weighted by molar-refractivity contribution is 0.167. The molecular formula is C12H18INO. The number of rotatable bonds is 5. The Morgan fingerprint density at radius 1 is 1.47 bits per heavy atom. The van der Waals surface area contributed by atoms with Crippen molar-refractivity contribution in [2.24, 2.45) is 0 Å². The number of ether oxygens (including phenoxy) is 1. The number of hydrogen-bond donors (Lipinski definition) is 1. The van der Waals surface area contributed by atoms with Gasteiger partial charge in [0.15, 0.2) is 0 Å². The van der Waals surface area contributed by atoms with E-state index in [4.69, 9.17) is 4.74 Å². The summed E-state index contributed by atoms with van der Waals surface area (Å²) in [5.74, 6) is 0. The van der Waals surface area contributed by atoms with E-state index in [1.807, 2.05) is 0 Å². The van der Waals surface area contributed by atoms with Crippen LogP contribution in [0.2, 0.25) is 0 Å². The maximum absolute atomic E-state index is 5.24. The van der Waals surface area contributed by atoms with Gasteiger partial charge in [0.05, 0.1) is 12.6 Å². The first kappa shape index (κ1) is 12.9. The minimum absolute atomic E-state index is 0.298. The molecule has 0 radical (unpaired) electrons. The standard InChI is InChI=1S/C12H18INO/c1-4-14-11(8-15-3)10-7-5-6-9(2)12(10)13/h5-7,11,14H,4,8H2,1-3H3. The van der Waals surface area contributed by atoms with Crippen LogP contribution in [0.25, 0.3) is 0 Å². The van der Waals surface area contributed by atoms with Crippen molar-refractivity contribution >= 4 is 22.6 Å². The largest absolute Gasteiger partial charge is 0.383 e. The fourth-order valence-corrected chi connectivity index (χ4v) is 2.35.